The fraction of sp³-hybridized carbons (Fsp3) is 0.913. The van der Waals surface area contributed by atoms with Crippen LogP contribution in [-0.2, 0) is 0 Å². The van der Waals surface area contributed by atoms with Crippen LogP contribution in [0.1, 0.15) is 92.9 Å². The van der Waals surface area contributed by atoms with Crippen molar-refractivity contribution >= 4 is 7.92 Å². The summed E-state index contributed by atoms with van der Waals surface area (Å²) in [7, 11) is 0.402. The van der Waals surface area contributed by atoms with Gasteiger partial charge in [-0.2, -0.15) is 0 Å². The van der Waals surface area contributed by atoms with Crippen LogP contribution in [0.25, 0.3) is 0 Å². The summed E-state index contributed by atoms with van der Waals surface area (Å²) in [5, 5.41) is 0. The normalized spacial score (nSPS) is 29.0. The van der Waals surface area contributed by atoms with E-state index in [-0.39, 0.29) is 0 Å². The van der Waals surface area contributed by atoms with Crippen molar-refractivity contribution in [3.8, 4) is 0 Å². The molecule has 2 saturated carbocycles. The van der Waals surface area contributed by atoms with E-state index in [1.807, 2.05) is 13.8 Å². The highest BCUT2D eigenvalue weighted by Crippen LogP contribution is 2.38. The largest absolute Gasteiger partial charge is 0.113 e. The molecule has 0 heterocycles. The minimum absolute atomic E-state index is 0.402. The van der Waals surface area contributed by atoms with Crippen LogP contribution in [0.4, 0.5) is 0 Å². The summed E-state index contributed by atoms with van der Waals surface area (Å²) in [4.78, 5) is 0. The molecule has 0 aromatic rings. The molecule has 0 nitrogen and oxygen atoms in total. The van der Waals surface area contributed by atoms with E-state index in [0.29, 0.717) is 7.92 Å². The van der Waals surface area contributed by atoms with Gasteiger partial charge in [0.25, 0.3) is 0 Å². The lowest BCUT2D eigenvalue weighted by Gasteiger charge is -2.37. The number of allylic oxidation sites excluding steroid dienone is 1. The van der Waals surface area contributed by atoms with Crippen LogP contribution in [0.5, 0.6) is 0 Å². The van der Waals surface area contributed by atoms with E-state index in [2.05, 4.69) is 53.7 Å². The third-order valence-electron chi connectivity index (χ3n) is 5.79. The van der Waals surface area contributed by atoms with Crippen molar-refractivity contribution in [2.45, 2.75) is 92.9 Å². The minimum atomic E-state index is 0.402. The molecule has 2 rings (SSSR count). The first-order chi connectivity index (χ1) is 11.4. The highest BCUT2D eigenvalue weighted by atomic mass is 31.1. The van der Waals surface area contributed by atoms with Gasteiger partial charge >= 0.3 is 0 Å². The van der Waals surface area contributed by atoms with E-state index in [1.165, 1.54) is 57.5 Å². The van der Waals surface area contributed by atoms with Crippen molar-refractivity contribution in [3.05, 3.63) is 12.7 Å². The van der Waals surface area contributed by atoms with Gasteiger partial charge in [0.15, 0.2) is 0 Å². The monoisotopic (exact) mass is 356 g/mol. The third kappa shape index (κ3) is 13.5. The van der Waals surface area contributed by atoms with Gasteiger partial charge < -0.3 is 0 Å². The first-order valence-electron chi connectivity index (χ1n) is 10.7. The SMILES string of the molecule is C1CCCCC1.C=CC1CCC(C)C(C)C1C.CC.CCP(C)C. The van der Waals surface area contributed by atoms with Crippen LogP contribution in [0.3, 0.4) is 0 Å². The van der Waals surface area contributed by atoms with E-state index >= 15 is 0 Å². The summed E-state index contributed by atoms with van der Waals surface area (Å²) in [6, 6.07) is 0. The first kappa shape index (κ1) is 26.4. The van der Waals surface area contributed by atoms with Gasteiger partial charge in [0.2, 0.25) is 0 Å². The second-order valence-corrected chi connectivity index (χ2v) is 10.5. The minimum Gasteiger partial charge on any atom is -0.113 e. The summed E-state index contributed by atoms with van der Waals surface area (Å²) >= 11 is 0. The molecule has 2 aliphatic carbocycles. The van der Waals surface area contributed by atoms with Gasteiger partial charge in [-0.15, -0.1) is 14.5 Å². The Morgan fingerprint density at radius 1 is 0.833 bits per heavy atom. The molecule has 2 aliphatic rings. The van der Waals surface area contributed by atoms with Gasteiger partial charge in [-0.1, -0.05) is 86.1 Å². The Kier molecular flexibility index (Phi) is 19.8. The van der Waals surface area contributed by atoms with Crippen LogP contribution in [0.15, 0.2) is 12.7 Å². The van der Waals surface area contributed by atoms with Crippen LogP contribution < -0.4 is 0 Å². The molecular formula is C23H49P. The Hall–Kier alpha value is 0.170. The standard InChI is InChI=1S/C11H20.C6H12.C4H11P.C2H6/c1-5-11-7-6-8(2)9(3)10(11)4;1-2-4-6-5-3-1;1-4-5(2)3;1-2/h5,8-11H,1,6-7H2,2-4H3;1-6H2;4H2,1-3H3;1-2H3. The zero-order chi connectivity index (χ0) is 19.0. The predicted octanol–water partition coefficient (Wildman–Crippen LogP) is 8.61. The number of hydrogen-bond acceptors (Lipinski definition) is 0. The molecule has 0 spiro atoms. The summed E-state index contributed by atoms with van der Waals surface area (Å²) < 4.78 is 0. The lowest BCUT2D eigenvalue weighted by molar-refractivity contribution is 0.154. The molecule has 24 heavy (non-hydrogen) atoms. The molecule has 0 aromatic carbocycles. The molecule has 0 saturated heterocycles. The Labute approximate surface area is 157 Å². The molecule has 4 unspecified atom stereocenters. The maximum absolute atomic E-state index is 3.89. The van der Waals surface area contributed by atoms with E-state index in [9.17, 15) is 0 Å². The summed E-state index contributed by atoms with van der Waals surface area (Å²) in [5.74, 6) is 3.42. The molecule has 0 radical (unpaired) electrons. The second-order valence-electron chi connectivity index (χ2n) is 7.69. The Bertz CT molecular complexity index is 243. The van der Waals surface area contributed by atoms with Crippen LogP contribution in [0.2, 0.25) is 0 Å². The lowest BCUT2D eigenvalue weighted by Crippen LogP contribution is -2.28. The van der Waals surface area contributed by atoms with Crippen molar-refractivity contribution in [1.29, 1.82) is 0 Å². The van der Waals surface area contributed by atoms with E-state index in [1.54, 1.807) is 0 Å². The smallest absolute Gasteiger partial charge is 0.0208 e. The Morgan fingerprint density at radius 3 is 1.50 bits per heavy atom. The van der Waals surface area contributed by atoms with Gasteiger partial charge in [-0.05, 0) is 56.0 Å². The quantitative estimate of drug-likeness (QED) is 0.343. The molecular weight excluding hydrogens is 307 g/mol. The second kappa shape index (κ2) is 18.0. The Morgan fingerprint density at radius 2 is 1.21 bits per heavy atom. The van der Waals surface area contributed by atoms with E-state index < -0.39 is 0 Å². The summed E-state index contributed by atoms with van der Waals surface area (Å²) in [5.41, 5.74) is 0. The average molecular weight is 357 g/mol. The molecule has 0 bridgehead atoms. The zero-order valence-corrected chi connectivity index (χ0v) is 19.3. The van der Waals surface area contributed by atoms with Crippen molar-refractivity contribution in [2.24, 2.45) is 23.7 Å². The number of rotatable bonds is 2. The van der Waals surface area contributed by atoms with Gasteiger partial charge in [0.05, 0.1) is 0 Å². The zero-order valence-electron chi connectivity index (χ0n) is 18.4. The molecule has 1 heteroatoms. The van der Waals surface area contributed by atoms with Crippen LogP contribution in [0, 0.1) is 23.7 Å². The van der Waals surface area contributed by atoms with Gasteiger partial charge in [0.1, 0.15) is 0 Å². The topological polar surface area (TPSA) is 0 Å². The first-order valence-corrected chi connectivity index (χ1v) is 13.1. The summed E-state index contributed by atoms with van der Waals surface area (Å²) in [6.07, 6.45) is 15.3. The maximum Gasteiger partial charge on any atom is -0.0208 e. The molecule has 0 aliphatic heterocycles. The van der Waals surface area contributed by atoms with E-state index in [0.717, 1.165) is 23.7 Å². The fourth-order valence-corrected chi connectivity index (χ4v) is 3.28. The van der Waals surface area contributed by atoms with Crippen molar-refractivity contribution < 1.29 is 0 Å². The van der Waals surface area contributed by atoms with Gasteiger partial charge in [-0.3, -0.25) is 0 Å². The van der Waals surface area contributed by atoms with Crippen molar-refractivity contribution in [3.63, 3.8) is 0 Å². The van der Waals surface area contributed by atoms with Crippen molar-refractivity contribution in [1.82, 2.24) is 0 Å². The molecule has 0 amide bonds. The fourth-order valence-electron chi connectivity index (χ4n) is 3.28. The highest BCUT2D eigenvalue weighted by Gasteiger charge is 2.29. The predicted molar refractivity (Wildman–Crippen MR) is 119 cm³/mol. The molecule has 0 N–H and O–H groups in total. The van der Waals surface area contributed by atoms with Gasteiger partial charge in [0, 0.05) is 0 Å². The molecule has 0 aromatic heterocycles. The third-order valence-corrected chi connectivity index (χ3v) is 7.06. The maximum atomic E-state index is 3.89. The molecule has 4 atom stereocenters. The summed E-state index contributed by atoms with van der Waals surface area (Å²) in [6.45, 7) is 21.8. The van der Waals surface area contributed by atoms with E-state index in [4.69, 9.17) is 0 Å². The molecule has 2 fully saturated rings. The average Bonchev–Trinajstić information content (AvgIpc) is 2.64. The Balaban J connectivity index is 0. The highest BCUT2D eigenvalue weighted by molar-refractivity contribution is 7.55. The van der Waals surface area contributed by atoms with Crippen molar-refractivity contribution in [2.75, 3.05) is 19.5 Å². The molecule has 146 valence electrons. The van der Waals surface area contributed by atoms with Crippen LogP contribution >= 0.6 is 7.92 Å². The number of hydrogen-bond donors (Lipinski definition) is 0. The van der Waals surface area contributed by atoms with Crippen LogP contribution in [-0.4, -0.2) is 19.5 Å². The lowest BCUT2D eigenvalue weighted by atomic mass is 9.69. The van der Waals surface area contributed by atoms with Gasteiger partial charge in [-0.25, -0.2) is 0 Å².